The number of aliphatic hydroxyl groups is 3. The van der Waals surface area contributed by atoms with E-state index in [4.69, 9.17) is 81.6 Å². The number of carbonyl (C=O) groups excluding carboxylic acids is 8. The molecule has 2 aliphatic heterocycles. The molecule has 0 atom stereocenters. The van der Waals surface area contributed by atoms with Crippen LogP contribution in [0.4, 0.5) is 0 Å². The molecule has 0 spiro atoms. The molecule has 10 rings (SSSR count). The number of halogens is 1. The van der Waals surface area contributed by atoms with Crippen molar-refractivity contribution in [1.29, 1.82) is 0 Å². The summed E-state index contributed by atoms with van der Waals surface area (Å²) in [6.45, 7) is 24.6. The SMILES string of the molecule is C#CCO.C1CC1.CC(=O)OCCCC1=C(N2CC2)C(=O)C(C)=C(N2CC2)C1=O.CC(=O)OCCCC1=CC(=O)C(C)=CC1=O.CCO.COc1cc(C#CCO)c(OC)cc1C.COc1cc(C#CCOC(C)=O)c(OC)cc1C.COc1cc(CCCOC(C)=O)c(OC)cc1C.COc1cc(I)c(OC)cc1C.COc1ccc(OC)c(C)c1. The molecular weight excluding hydrogens is 1680 g/mol. The number of benzene rings is 5. The normalized spacial score (nSPS) is 12.4. The van der Waals surface area contributed by atoms with Crippen LogP contribution in [-0.2, 0) is 63.7 Å². The Morgan fingerprint density at radius 2 is 0.828 bits per heavy atom. The summed E-state index contributed by atoms with van der Waals surface area (Å²) >= 11 is 2.22. The number of carbonyl (C=O) groups is 8. The van der Waals surface area contributed by atoms with E-state index < -0.39 is 0 Å². The van der Waals surface area contributed by atoms with E-state index in [1.807, 2.05) is 105 Å². The van der Waals surface area contributed by atoms with Crippen molar-refractivity contribution in [1.82, 2.24) is 9.80 Å². The highest BCUT2D eigenvalue weighted by molar-refractivity contribution is 14.1. The van der Waals surface area contributed by atoms with Gasteiger partial charge in [0.1, 0.15) is 70.7 Å². The topological polar surface area (TPSA) is 332 Å². The van der Waals surface area contributed by atoms with Crippen LogP contribution in [0.1, 0.15) is 144 Å². The second-order valence-corrected chi connectivity index (χ2v) is 27.9. The van der Waals surface area contributed by atoms with Crippen LogP contribution in [0.25, 0.3) is 0 Å². The molecule has 28 heteroatoms. The van der Waals surface area contributed by atoms with Crippen molar-refractivity contribution in [2.45, 2.75) is 141 Å². The van der Waals surface area contributed by atoms with E-state index >= 15 is 0 Å². The summed E-state index contributed by atoms with van der Waals surface area (Å²) in [5, 5.41) is 23.8. The number of aliphatic hydroxyl groups excluding tert-OH is 3. The first-order chi connectivity index (χ1) is 58.2. The van der Waals surface area contributed by atoms with E-state index in [9.17, 15) is 38.4 Å². The van der Waals surface area contributed by atoms with Crippen molar-refractivity contribution < 1.29 is 120 Å². The van der Waals surface area contributed by atoms with E-state index in [0.29, 0.717) is 88.6 Å². The number of allylic oxidation sites excluding steroid dienone is 6. The zero-order valence-corrected chi connectivity index (χ0v) is 77.0. The fourth-order valence-electron chi connectivity index (χ4n) is 10.7. The van der Waals surface area contributed by atoms with Crippen LogP contribution >= 0.6 is 22.6 Å². The summed E-state index contributed by atoms with van der Waals surface area (Å²) in [6.07, 6.45) is 15.3. The molecule has 0 radical (unpaired) electrons. The van der Waals surface area contributed by atoms with Crippen LogP contribution in [0, 0.1) is 74.2 Å². The van der Waals surface area contributed by atoms with Crippen LogP contribution in [0.3, 0.4) is 0 Å². The predicted molar refractivity (Wildman–Crippen MR) is 476 cm³/mol. The Kier molecular flexibility index (Phi) is 54.2. The third kappa shape index (κ3) is 41.7. The Bertz CT molecular complexity index is 4540. The third-order valence-corrected chi connectivity index (χ3v) is 17.9. The number of ketones is 4. The summed E-state index contributed by atoms with van der Waals surface area (Å²) in [4.78, 5) is 94.6. The molecule has 0 amide bonds. The van der Waals surface area contributed by atoms with Crippen LogP contribution in [0.2, 0.25) is 0 Å². The van der Waals surface area contributed by atoms with Gasteiger partial charge in [-0.3, -0.25) is 38.4 Å². The second kappa shape index (κ2) is 60.9. The van der Waals surface area contributed by atoms with Gasteiger partial charge in [0.25, 0.3) is 0 Å². The lowest BCUT2D eigenvalue weighted by Crippen LogP contribution is -2.29. The van der Waals surface area contributed by atoms with Gasteiger partial charge in [0.15, 0.2) is 18.2 Å². The summed E-state index contributed by atoms with van der Waals surface area (Å²) in [5.74, 6) is 19.6. The lowest BCUT2D eigenvalue weighted by Gasteiger charge is -2.24. The van der Waals surface area contributed by atoms with E-state index in [-0.39, 0.29) is 86.7 Å². The van der Waals surface area contributed by atoms with Crippen molar-refractivity contribution in [2.75, 3.05) is 144 Å². The highest BCUT2D eigenvalue weighted by Gasteiger charge is 2.42. The second-order valence-electron chi connectivity index (χ2n) is 26.7. The van der Waals surface area contributed by atoms with Gasteiger partial charge in [-0.2, -0.15) is 0 Å². The van der Waals surface area contributed by atoms with Crippen molar-refractivity contribution in [3.63, 3.8) is 0 Å². The molecule has 0 aromatic heterocycles. The zero-order chi connectivity index (χ0) is 92.0. The average Bonchev–Trinajstić information content (AvgIpc) is 1.59. The van der Waals surface area contributed by atoms with E-state index in [2.05, 4.69) is 52.7 Å². The molecule has 3 fully saturated rings. The number of rotatable bonds is 25. The number of Topliss-reactive ketones (excluding diaryl/α,β-unsaturated/α-hetero) is 2. The molecule has 5 aromatic rings. The summed E-state index contributed by atoms with van der Waals surface area (Å²) in [5.41, 5.74) is 10.9. The number of hydrogen-bond donors (Lipinski definition) is 3. The number of aryl methyl sites for hydroxylation is 6. The van der Waals surface area contributed by atoms with Gasteiger partial charge in [-0.05, 0) is 229 Å². The molecule has 2 saturated heterocycles. The summed E-state index contributed by atoms with van der Waals surface area (Å²) in [7, 11) is 16.3. The standard InChI is InChI=1S/C16H20N2O4.C14H20O4.C14H16O4.C12H14O4.C12H14O3.C9H11IO2.C9H12O2.C3H4O.C3H6.C2H6O/c1-10-13(17-5-6-17)16(21)12(4-3-9-22-11(2)19)14(15(10)20)18-7-8-18;2*1-10-8-14(17-4)12(9-13(10)16-3)6-5-7-18-11(2)15;1-8-6-12(15)10(7-11(8)14)4-3-5-16-9(2)13;1-9-7-12(15-3)10(5-4-6-13)8-11(9)14-2;1-6-4-9(12-3)7(10)5-8(6)11-2;1-7-6-8(10-2)4-5-9(7)11-3;1-2-3-4;1-2-3-1;1-2-3/h3-9H2,1-2H3;8-9H,5-7H2,1-4H3;8-9H,7H2,1-4H3;6-7H,3-5H2,1-2H3;7-8,13H,6H2,1-3H3;4-5H,1-3H3;4-6H,1-3H3;1,4H,3H2;1-3H2;3H,2H2,1H3. The van der Waals surface area contributed by atoms with Crippen molar-refractivity contribution in [2.24, 2.45) is 0 Å². The minimum absolute atomic E-state index is 0.0264. The van der Waals surface area contributed by atoms with Crippen molar-refractivity contribution in [3.05, 3.63) is 161 Å². The monoisotopic (exact) mass is 1810 g/mol. The van der Waals surface area contributed by atoms with Gasteiger partial charge in [0, 0.05) is 82.8 Å². The first-order valence-electron chi connectivity index (χ1n) is 39.2. The van der Waals surface area contributed by atoms with Crippen LogP contribution in [-0.4, -0.2) is 216 Å². The maximum Gasteiger partial charge on any atom is 0.303 e. The van der Waals surface area contributed by atoms with Gasteiger partial charge < -0.3 is 91.4 Å². The number of terminal acetylenes is 1. The molecule has 0 bridgehead atoms. The number of esters is 4. The largest absolute Gasteiger partial charge is 0.497 e. The number of nitrogens with zero attached hydrogens (tertiary/aromatic N) is 2. The minimum Gasteiger partial charge on any atom is -0.497 e. The Labute approximate surface area is 733 Å². The predicted octanol–water partition coefficient (Wildman–Crippen LogP) is 13.2. The van der Waals surface area contributed by atoms with E-state index in [1.165, 1.54) is 59.1 Å². The quantitative estimate of drug-likeness (QED) is 0.00929. The number of methoxy groups -OCH3 is 10. The fourth-order valence-corrected chi connectivity index (χ4v) is 11.3. The van der Waals surface area contributed by atoms with Gasteiger partial charge in [-0.25, -0.2) is 0 Å². The highest BCUT2D eigenvalue weighted by Crippen LogP contribution is 2.37. The van der Waals surface area contributed by atoms with Crippen molar-refractivity contribution >= 4 is 69.6 Å². The molecule has 3 aliphatic carbocycles. The van der Waals surface area contributed by atoms with Crippen molar-refractivity contribution in [3.8, 4) is 93.5 Å². The van der Waals surface area contributed by atoms with Gasteiger partial charge in [0.05, 0.1) is 117 Å². The molecule has 27 nitrogen and oxygen atoms in total. The number of ether oxygens (including phenoxy) is 14. The first kappa shape index (κ1) is 109. The third-order valence-electron chi connectivity index (χ3n) is 17.1. The molecule has 5 aromatic carbocycles. The van der Waals surface area contributed by atoms with Crippen LogP contribution in [0.15, 0.2) is 113 Å². The molecule has 122 heavy (non-hydrogen) atoms. The van der Waals surface area contributed by atoms with E-state index in [1.54, 1.807) is 104 Å². The molecule has 0 unspecified atom stereocenters. The molecule has 2 heterocycles. The lowest BCUT2D eigenvalue weighted by atomic mass is 9.89. The Hall–Kier alpha value is -11.5. The van der Waals surface area contributed by atoms with Crippen LogP contribution < -0.4 is 47.4 Å². The van der Waals surface area contributed by atoms with Gasteiger partial charge in [-0.15, -0.1) is 6.42 Å². The average molecular weight is 1810 g/mol. The minimum atomic E-state index is -0.349. The fraction of sp³-hybridized carbons (Fsp3) is 0.447. The van der Waals surface area contributed by atoms with Gasteiger partial charge >= 0.3 is 23.9 Å². The smallest absolute Gasteiger partial charge is 0.303 e. The summed E-state index contributed by atoms with van der Waals surface area (Å²) in [6, 6.07) is 20.9. The first-order valence-corrected chi connectivity index (χ1v) is 40.3. The maximum absolute atomic E-state index is 12.8. The molecule has 666 valence electrons. The molecule has 1 saturated carbocycles. The Morgan fingerprint density at radius 3 is 1.23 bits per heavy atom. The number of hydrogen-bond acceptors (Lipinski definition) is 27. The Balaban J connectivity index is 0.000000703. The Morgan fingerprint density at radius 1 is 0.434 bits per heavy atom. The van der Waals surface area contributed by atoms with Crippen LogP contribution in [0.5, 0.6) is 57.5 Å². The van der Waals surface area contributed by atoms with E-state index in [0.717, 1.165) is 122 Å². The molecular formula is C94H123IN2O25. The van der Waals surface area contributed by atoms with Gasteiger partial charge in [0.2, 0.25) is 11.6 Å². The summed E-state index contributed by atoms with van der Waals surface area (Å²) < 4.78 is 72.3. The van der Waals surface area contributed by atoms with Gasteiger partial charge in [-0.1, -0.05) is 48.9 Å². The molecule has 3 N–H and O–H groups in total. The zero-order valence-electron chi connectivity index (χ0n) is 74.8. The highest BCUT2D eigenvalue weighted by atomic mass is 127. The maximum atomic E-state index is 12.8. The lowest BCUT2D eigenvalue weighted by molar-refractivity contribution is -0.142. The molecule has 5 aliphatic rings.